The molecule has 188 valence electrons. The molecule has 0 aliphatic carbocycles. The number of hydrogen-bond acceptors (Lipinski definition) is 6. The van der Waals surface area contributed by atoms with Gasteiger partial charge in [-0.1, -0.05) is 54.6 Å². The summed E-state index contributed by atoms with van der Waals surface area (Å²) >= 11 is 0. The van der Waals surface area contributed by atoms with Crippen LogP contribution in [0.25, 0.3) is 0 Å². The van der Waals surface area contributed by atoms with Crippen molar-refractivity contribution >= 4 is 17.7 Å². The Kier molecular flexibility index (Phi) is 8.91. The van der Waals surface area contributed by atoms with Gasteiger partial charge >= 0.3 is 6.09 Å². The van der Waals surface area contributed by atoms with E-state index in [-0.39, 0.29) is 12.7 Å². The van der Waals surface area contributed by atoms with Crippen molar-refractivity contribution in [2.75, 3.05) is 18.5 Å². The fourth-order valence-corrected chi connectivity index (χ4v) is 3.92. The lowest BCUT2D eigenvalue weighted by atomic mass is 10.1. The van der Waals surface area contributed by atoms with Crippen LogP contribution in [0.5, 0.6) is 5.75 Å². The Morgan fingerprint density at radius 2 is 1.81 bits per heavy atom. The van der Waals surface area contributed by atoms with E-state index in [0.717, 1.165) is 30.6 Å². The van der Waals surface area contributed by atoms with Gasteiger partial charge in [0.05, 0.1) is 6.10 Å². The number of anilines is 1. The van der Waals surface area contributed by atoms with Crippen LogP contribution in [0.15, 0.2) is 78.9 Å². The van der Waals surface area contributed by atoms with Gasteiger partial charge in [-0.2, -0.15) is 0 Å². The average molecular weight is 490 g/mol. The molecule has 8 nitrogen and oxygen atoms in total. The van der Waals surface area contributed by atoms with Crippen LogP contribution in [0.3, 0.4) is 0 Å². The van der Waals surface area contributed by atoms with Crippen LogP contribution in [0.2, 0.25) is 0 Å². The van der Waals surface area contributed by atoms with Crippen LogP contribution in [-0.2, 0) is 27.4 Å². The Bertz CT molecular complexity index is 1150. The molecule has 4 N–H and O–H groups in total. The third-order valence-electron chi connectivity index (χ3n) is 5.82. The van der Waals surface area contributed by atoms with Crippen LogP contribution >= 0.6 is 0 Å². The van der Waals surface area contributed by atoms with E-state index in [9.17, 15) is 9.59 Å². The lowest BCUT2D eigenvalue weighted by molar-refractivity contribution is -0.118. The van der Waals surface area contributed by atoms with Gasteiger partial charge in [0.25, 0.3) is 5.91 Å². The van der Waals surface area contributed by atoms with E-state index < -0.39 is 18.0 Å². The highest BCUT2D eigenvalue weighted by atomic mass is 16.5. The topological polar surface area (TPSA) is 112 Å². The number of nitrogens with two attached hydrogens (primary N) is 1. The van der Waals surface area contributed by atoms with Crippen molar-refractivity contribution in [2.45, 2.75) is 38.1 Å². The monoisotopic (exact) mass is 489 g/mol. The Balaban J connectivity index is 1.48. The van der Waals surface area contributed by atoms with Gasteiger partial charge in [-0.3, -0.25) is 4.79 Å². The normalized spacial score (nSPS) is 15.6. The molecule has 0 aromatic heterocycles. The molecule has 1 aliphatic heterocycles. The molecule has 1 fully saturated rings. The summed E-state index contributed by atoms with van der Waals surface area (Å²) < 4.78 is 16.9. The van der Waals surface area contributed by atoms with Gasteiger partial charge in [0, 0.05) is 18.8 Å². The van der Waals surface area contributed by atoms with Gasteiger partial charge in [0.15, 0.2) is 0 Å². The zero-order valence-electron chi connectivity index (χ0n) is 20.0. The third-order valence-corrected chi connectivity index (χ3v) is 5.82. The lowest BCUT2D eigenvalue weighted by Crippen LogP contribution is -2.37. The number of nitrogens with one attached hydrogen (secondary N) is 2. The third kappa shape index (κ3) is 7.31. The molecule has 8 heteroatoms. The summed E-state index contributed by atoms with van der Waals surface area (Å²) in [6, 6.07) is 22.7. The summed E-state index contributed by atoms with van der Waals surface area (Å²) in [5, 5.41) is 5.56. The second-order valence-corrected chi connectivity index (χ2v) is 8.55. The van der Waals surface area contributed by atoms with Crippen LogP contribution < -0.4 is 21.1 Å². The molecule has 1 heterocycles. The molecule has 4 rings (SSSR count). The number of carbonyl (C=O) groups excluding carboxylic acids is 2. The molecule has 1 saturated heterocycles. The number of hydrogen-bond donors (Lipinski definition) is 3. The van der Waals surface area contributed by atoms with E-state index >= 15 is 0 Å². The molecule has 0 unspecified atom stereocenters. The first-order valence-electron chi connectivity index (χ1n) is 12.0. The molecule has 3 aromatic carbocycles. The molecule has 3 aromatic rings. The molecule has 2 atom stereocenters. The average Bonchev–Trinajstić information content (AvgIpc) is 3.44. The molecule has 0 bridgehead atoms. The molecule has 0 radical (unpaired) electrons. The van der Waals surface area contributed by atoms with E-state index in [0.29, 0.717) is 30.2 Å². The smallest absolute Gasteiger partial charge is 0.408 e. The zero-order valence-corrected chi connectivity index (χ0v) is 20.0. The number of carbonyl (C=O) groups is 2. The summed E-state index contributed by atoms with van der Waals surface area (Å²) in [6.45, 7) is 1.61. The second-order valence-electron chi connectivity index (χ2n) is 8.55. The van der Waals surface area contributed by atoms with Crippen LogP contribution in [0.4, 0.5) is 10.5 Å². The predicted molar refractivity (Wildman–Crippen MR) is 136 cm³/mol. The van der Waals surface area contributed by atoms with Gasteiger partial charge in [0.1, 0.15) is 25.0 Å². The van der Waals surface area contributed by atoms with E-state index in [1.165, 1.54) is 0 Å². The Labute approximate surface area is 210 Å². The van der Waals surface area contributed by atoms with Gasteiger partial charge < -0.3 is 30.6 Å². The highest BCUT2D eigenvalue weighted by Crippen LogP contribution is 2.23. The van der Waals surface area contributed by atoms with E-state index in [1.807, 2.05) is 48.5 Å². The second kappa shape index (κ2) is 12.7. The van der Waals surface area contributed by atoms with Crippen LogP contribution in [0.1, 0.15) is 35.6 Å². The summed E-state index contributed by atoms with van der Waals surface area (Å²) in [7, 11) is 0. The quantitative estimate of drug-likeness (QED) is 0.391. The fraction of sp³-hybridized carbons (Fsp3) is 0.286. The number of amides is 2. The molecule has 0 spiro atoms. The molecule has 0 saturated carbocycles. The largest absolute Gasteiger partial charge is 0.491 e. The van der Waals surface area contributed by atoms with E-state index in [1.54, 1.807) is 30.3 Å². The summed E-state index contributed by atoms with van der Waals surface area (Å²) in [6.07, 6.45) is 1.34. The Hall–Kier alpha value is -3.88. The van der Waals surface area contributed by atoms with Crippen molar-refractivity contribution in [1.29, 1.82) is 0 Å². The molecule has 2 amide bonds. The summed E-state index contributed by atoms with van der Waals surface area (Å²) in [5.41, 5.74) is 8.59. The molecule has 1 aliphatic rings. The van der Waals surface area contributed by atoms with E-state index in [2.05, 4.69) is 10.6 Å². The summed E-state index contributed by atoms with van der Waals surface area (Å²) in [4.78, 5) is 26.0. The lowest BCUT2D eigenvalue weighted by Gasteiger charge is -2.20. The SMILES string of the molecule is NCc1cccc(NC(=O)[C@@H](NC(=O)OCc2ccccc2)c2cccc(OC[C@H]3CCCO3)c2)c1. The van der Waals surface area contributed by atoms with Crippen molar-refractivity contribution in [1.82, 2.24) is 5.32 Å². The molecular weight excluding hydrogens is 458 g/mol. The maximum absolute atomic E-state index is 13.3. The van der Waals surface area contributed by atoms with Gasteiger partial charge in [0.2, 0.25) is 0 Å². The van der Waals surface area contributed by atoms with E-state index in [4.69, 9.17) is 19.9 Å². The Morgan fingerprint density at radius 3 is 2.58 bits per heavy atom. The number of rotatable bonds is 10. The standard InChI is InChI=1S/C28H31N3O5/c29-17-21-9-4-11-23(15-21)30-27(32)26(31-28(33)36-18-20-7-2-1-3-8-20)22-10-5-12-24(16-22)35-19-25-13-6-14-34-25/h1-5,7-12,15-16,25-26H,6,13-14,17-19,29H2,(H,30,32)(H,31,33)/t25-,26+/m1/s1. The minimum absolute atomic E-state index is 0.0636. The van der Waals surface area contributed by atoms with Crippen molar-refractivity contribution < 1.29 is 23.8 Å². The van der Waals surface area contributed by atoms with Crippen molar-refractivity contribution in [3.63, 3.8) is 0 Å². The van der Waals surface area contributed by atoms with Crippen LogP contribution in [-0.4, -0.2) is 31.3 Å². The highest BCUT2D eigenvalue weighted by molar-refractivity contribution is 5.97. The first-order valence-corrected chi connectivity index (χ1v) is 12.0. The fourth-order valence-electron chi connectivity index (χ4n) is 3.92. The highest BCUT2D eigenvalue weighted by Gasteiger charge is 2.25. The Morgan fingerprint density at radius 1 is 1.00 bits per heavy atom. The first kappa shape index (κ1) is 25.2. The minimum atomic E-state index is -1.01. The summed E-state index contributed by atoms with van der Waals surface area (Å²) in [5.74, 6) is 0.169. The maximum Gasteiger partial charge on any atom is 0.408 e. The van der Waals surface area contributed by atoms with Crippen molar-refractivity contribution in [3.05, 3.63) is 95.6 Å². The number of benzene rings is 3. The maximum atomic E-state index is 13.3. The predicted octanol–water partition coefficient (Wildman–Crippen LogP) is 4.31. The first-order chi connectivity index (χ1) is 17.6. The van der Waals surface area contributed by atoms with Crippen molar-refractivity contribution in [3.8, 4) is 5.75 Å². The van der Waals surface area contributed by atoms with Crippen molar-refractivity contribution in [2.24, 2.45) is 5.73 Å². The van der Waals surface area contributed by atoms with Crippen LogP contribution in [0, 0.1) is 0 Å². The zero-order chi connectivity index (χ0) is 25.2. The van der Waals surface area contributed by atoms with Gasteiger partial charge in [-0.05, 0) is 53.8 Å². The molecule has 36 heavy (non-hydrogen) atoms. The number of alkyl carbamates (subject to hydrolysis) is 1. The minimum Gasteiger partial charge on any atom is -0.491 e. The number of ether oxygens (including phenoxy) is 3. The molecular formula is C28H31N3O5. The van der Waals surface area contributed by atoms with Gasteiger partial charge in [-0.25, -0.2) is 4.79 Å². The van der Waals surface area contributed by atoms with Gasteiger partial charge in [-0.15, -0.1) is 0 Å².